The molecule has 2 aromatic heterocycles. The zero-order valence-electron chi connectivity index (χ0n) is 17.6. The smallest absolute Gasteiger partial charge is 0.327 e. The SMILES string of the molecule is CCOC(=O)Cn1nnc2c1-c1ccccc1-c1nnn(CC(C)=O)c1-c1ccccc1-2. The molecule has 2 aromatic carbocycles. The Balaban J connectivity index is 1.82. The number of carbonyl (C=O) groups excluding carboxylic acids is 2. The Bertz CT molecular complexity index is 1350. The Morgan fingerprint density at radius 2 is 1.25 bits per heavy atom. The molecule has 0 saturated heterocycles. The first kappa shape index (κ1) is 19.8. The number of aromatic nitrogens is 6. The summed E-state index contributed by atoms with van der Waals surface area (Å²) >= 11 is 0. The number of benzene rings is 2. The molecule has 0 N–H and O–H groups in total. The lowest BCUT2D eigenvalue weighted by atomic mass is 9.89. The van der Waals surface area contributed by atoms with E-state index in [1.165, 1.54) is 6.92 Å². The van der Waals surface area contributed by atoms with Gasteiger partial charge >= 0.3 is 5.97 Å². The number of esters is 1. The first-order valence-corrected chi connectivity index (χ1v) is 10.3. The fourth-order valence-corrected chi connectivity index (χ4v) is 4.08. The predicted octanol–water partition coefficient (Wildman–Crippen LogP) is 3.00. The Kier molecular flexibility index (Phi) is 4.85. The second-order valence-corrected chi connectivity index (χ2v) is 7.49. The lowest BCUT2D eigenvalue weighted by Crippen LogP contribution is -2.16. The van der Waals surface area contributed by atoms with Gasteiger partial charge in [0, 0.05) is 22.3 Å². The van der Waals surface area contributed by atoms with E-state index in [-0.39, 0.29) is 31.4 Å². The quantitative estimate of drug-likeness (QED) is 0.396. The van der Waals surface area contributed by atoms with Crippen LogP contribution in [0, 0.1) is 0 Å². The Hall–Kier alpha value is -4.14. The first-order chi connectivity index (χ1) is 15.6. The first-order valence-electron chi connectivity index (χ1n) is 10.3. The van der Waals surface area contributed by atoms with Gasteiger partial charge in [0.15, 0.2) is 5.78 Å². The van der Waals surface area contributed by atoms with E-state index in [1.54, 1.807) is 16.3 Å². The molecule has 0 spiro atoms. The minimum atomic E-state index is -0.388. The summed E-state index contributed by atoms with van der Waals surface area (Å²) in [6.07, 6.45) is 0. The van der Waals surface area contributed by atoms with Crippen molar-refractivity contribution in [1.82, 2.24) is 30.0 Å². The van der Waals surface area contributed by atoms with Crippen LogP contribution < -0.4 is 0 Å². The molecule has 2 heterocycles. The number of fused-ring (bicyclic) bond motifs is 8. The molecule has 0 fully saturated rings. The van der Waals surface area contributed by atoms with Crippen molar-refractivity contribution in [3.8, 4) is 45.0 Å². The van der Waals surface area contributed by atoms with Gasteiger partial charge in [-0.05, 0) is 13.8 Å². The highest BCUT2D eigenvalue weighted by atomic mass is 16.5. The number of hydrogen-bond donors (Lipinski definition) is 0. The topological polar surface area (TPSA) is 105 Å². The second kappa shape index (κ2) is 7.84. The van der Waals surface area contributed by atoms with Crippen LogP contribution in [0.2, 0.25) is 0 Å². The van der Waals surface area contributed by atoms with Crippen LogP contribution in [0.1, 0.15) is 13.8 Å². The monoisotopic (exact) mass is 428 g/mol. The number of rotatable bonds is 5. The lowest BCUT2D eigenvalue weighted by Gasteiger charge is -2.18. The van der Waals surface area contributed by atoms with E-state index in [0.29, 0.717) is 17.1 Å². The van der Waals surface area contributed by atoms with Gasteiger partial charge in [-0.3, -0.25) is 9.59 Å². The van der Waals surface area contributed by atoms with E-state index in [2.05, 4.69) is 20.6 Å². The van der Waals surface area contributed by atoms with Crippen molar-refractivity contribution >= 4 is 11.8 Å². The van der Waals surface area contributed by atoms with Crippen LogP contribution in [0.25, 0.3) is 45.0 Å². The summed E-state index contributed by atoms with van der Waals surface area (Å²) < 4.78 is 8.32. The molecule has 9 heteroatoms. The normalized spacial score (nSPS) is 11.4. The van der Waals surface area contributed by atoms with Crippen molar-refractivity contribution in [2.24, 2.45) is 0 Å². The van der Waals surface area contributed by atoms with Gasteiger partial charge in [0.05, 0.1) is 18.0 Å². The Morgan fingerprint density at radius 3 is 1.72 bits per heavy atom. The fourth-order valence-electron chi connectivity index (χ4n) is 4.08. The summed E-state index contributed by atoms with van der Waals surface area (Å²) in [5.74, 6) is -0.410. The minimum absolute atomic E-state index is 0.0217. The summed E-state index contributed by atoms with van der Waals surface area (Å²) in [7, 11) is 0. The number of nitrogens with zero attached hydrogens (tertiary/aromatic N) is 6. The molecular formula is C23H20N6O3. The fraction of sp³-hybridized carbons (Fsp3) is 0.217. The highest BCUT2D eigenvalue weighted by Gasteiger charge is 2.30. The molecule has 1 aliphatic rings. The van der Waals surface area contributed by atoms with Crippen molar-refractivity contribution in [2.45, 2.75) is 26.9 Å². The third-order valence-corrected chi connectivity index (χ3v) is 5.30. The average Bonchev–Trinajstić information content (AvgIpc) is 3.36. The van der Waals surface area contributed by atoms with E-state index < -0.39 is 0 Å². The van der Waals surface area contributed by atoms with Gasteiger partial charge in [-0.15, -0.1) is 10.2 Å². The molecule has 4 aromatic rings. The van der Waals surface area contributed by atoms with Gasteiger partial charge in [0.25, 0.3) is 0 Å². The van der Waals surface area contributed by atoms with Gasteiger partial charge < -0.3 is 4.74 Å². The van der Waals surface area contributed by atoms with Crippen molar-refractivity contribution < 1.29 is 14.3 Å². The summed E-state index contributed by atoms with van der Waals surface area (Å²) in [5.41, 5.74) is 6.04. The van der Waals surface area contributed by atoms with Crippen LogP contribution in [0.4, 0.5) is 0 Å². The van der Waals surface area contributed by atoms with E-state index in [4.69, 9.17) is 4.74 Å². The van der Waals surface area contributed by atoms with Gasteiger partial charge in [0.1, 0.15) is 24.5 Å². The standard InChI is InChI=1S/C23H20N6O3/c1-3-32-19(31)13-29-23-18-11-7-5-9-16(18)20-22(28(26-24-20)12-14(2)30)17-10-6-4-8-15(17)21(23)25-27-29/h4-11H,3,12-13H2,1-2H3. The number of ether oxygens (including phenoxy) is 1. The molecule has 0 atom stereocenters. The van der Waals surface area contributed by atoms with E-state index in [0.717, 1.165) is 27.9 Å². The molecule has 0 amide bonds. The molecule has 1 aliphatic carbocycles. The van der Waals surface area contributed by atoms with Gasteiger partial charge in [-0.2, -0.15) is 0 Å². The highest BCUT2D eigenvalue weighted by Crippen LogP contribution is 2.45. The molecular weight excluding hydrogens is 408 g/mol. The lowest BCUT2D eigenvalue weighted by molar-refractivity contribution is -0.144. The minimum Gasteiger partial charge on any atom is -0.465 e. The average molecular weight is 428 g/mol. The van der Waals surface area contributed by atoms with Crippen molar-refractivity contribution in [2.75, 3.05) is 6.61 Å². The molecule has 0 bridgehead atoms. The van der Waals surface area contributed by atoms with Gasteiger partial charge in [-0.1, -0.05) is 59.0 Å². The van der Waals surface area contributed by atoms with Gasteiger partial charge in [0.2, 0.25) is 0 Å². The van der Waals surface area contributed by atoms with Crippen molar-refractivity contribution in [3.05, 3.63) is 48.5 Å². The molecule has 32 heavy (non-hydrogen) atoms. The molecule has 0 unspecified atom stereocenters. The zero-order valence-corrected chi connectivity index (χ0v) is 17.6. The van der Waals surface area contributed by atoms with Gasteiger partial charge in [-0.25, -0.2) is 9.36 Å². The summed E-state index contributed by atoms with van der Waals surface area (Å²) in [5, 5.41) is 17.5. The maximum Gasteiger partial charge on any atom is 0.327 e. The van der Waals surface area contributed by atoms with Crippen molar-refractivity contribution in [1.29, 1.82) is 0 Å². The Labute approximate surface area is 183 Å². The van der Waals surface area contributed by atoms with Crippen LogP contribution in [0.3, 0.4) is 0 Å². The number of carbonyl (C=O) groups is 2. The van der Waals surface area contributed by atoms with Crippen LogP contribution in [0.15, 0.2) is 48.5 Å². The van der Waals surface area contributed by atoms with Crippen LogP contribution in [-0.2, 0) is 27.4 Å². The molecule has 0 radical (unpaired) electrons. The van der Waals surface area contributed by atoms with E-state index in [9.17, 15) is 9.59 Å². The van der Waals surface area contributed by atoms with Crippen LogP contribution in [-0.4, -0.2) is 48.3 Å². The summed E-state index contributed by atoms with van der Waals surface area (Å²) in [6.45, 7) is 3.63. The molecule has 0 saturated carbocycles. The van der Waals surface area contributed by atoms with E-state index in [1.807, 2.05) is 48.5 Å². The van der Waals surface area contributed by atoms with Crippen molar-refractivity contribution in [3.63, 3.8) is 0 Å². The van der Waals surface area contributed by atoms with Crippen LogP contribution >= 0.6 is 0 Å². The summed E-state index contributed by atoms with van der Waals surface area (Å²) in [4.78, 5) is 24.2. The molecule has 5 rings (SSSR count). The highest BCUT2D eigenvalue weighted by molar-refractivity contribution is 5.99. The van der Waals surface area contributed by atoms with Crippen LogP contribution in [0.5, 0.6) is 0 Å². The number of hydrogen-bond acceptors (Lipinski definition) is 7. The Morgan fingerprint density at radius 1 is 0.781 bits per heavy atom. The zero-order chi connectivity index (χ0) is 22.2. The van der Waals surface area contributed by atoms with E-state index >= 15 is 0 Å². The third-order valence-electron chi connectivity index (χ3n) is 5.30. The largest absolute Gasteiger partial charge is 0.465 e. The molecule has 160 valence electrons. The number of ketones is 1. The summed E-state index contributed by atoms with van der Waals surface area (Å²) in [6, 6.07) is 15.5. The predicted molar refractivity (Wildman–Crippen MR) is 116 cm³/mol. The molecule has 9 nitrogen and oxygen atoms in total. The third kappa shape index (κ3) is 3.18. The second-order valence-electron chi connectivity index (χ2n) is 7.49. The maximum atomic E-state index is 12.2. The molecule has 0 aliphatic heterocycles. The number of Topliss-reactive ketones (excluding diaryl/α,β-unsaturated/α-hetero) is 1. The maximum absolute atomic E-state index is 12.2.